The van der Waals surface area contributed by atoms with E-state index in [0.29, 0.717) is 30.8 Å². The van der Waals surface area contributed by atoms with Crippen molar-refractivity contribution in [2.75, 3.05) is 13.1 Å². The minimum absolute atomic E-state index is 0.0448. The lowest BCUT2D eigenvalue weighted by atomic mass is 10.1. The maximum atomic E-state index is 12.8. The van der Waals surface area contributed by atoms with Crippen LogP contribution in [0, 0.1) is 20.8 Å². The summed E-state index contributed by atoms with van der Waals surface area (Å²) in [6.45, 7) is 6.66. The molecular weight excluding hydrogens is 432 g/mol. The van der Waals surface area contributed by atoms with Crippen LogP contribution in [0.25, 0.3) is 11.0 Å². The third kappa shape index (κ3) is 4.58. The highest BCUT2D eigenvalue weighted by atomic mass is 32.2. The van der Waals surface area contributed by atoms with Gasteiger partial charge in [-0.1, -0.05) is 17.7 Å². The summed E-state index contributed by atoms with van der Waals surface area (Å²) in [6.07, 6.45) is 6.50. The van der Waals surface area contributed by atoms with Gasteiger partial charge in [0.25, 0.3) is 0 Å². The predicted molar refractivity (Wildman–Crippen MR) is 123 cm³/mol. The molecule has 1 N–H and O–H groups in total. The zero-order valence-electron chi connectivity index (χ0n) is 17.8. The smallest absolute Gasteiger partial charge is 0.244 e. The fourth-order valence-corrected chi connectivity index (χ4v) is 6.13. The lowest BCUT2D eigenvalue weighted by Gasteiger charge is -2.31. The Balaban J connectivity index is 1.35. The number of aryl methyl sites for hydroxylation is 3. The lowest BCUT2D eigenvalue weighted by molar-refractivity contribution is -0.117. The number of rotatable bonds is 5. The second-order valence-electron chi connectivity index (χ2n) is 7.91. The molecular formula is C22H26N4O3S2. The van der Waals surface area contributed by atoms with Crippen LogP contribution in [-0.2, 0) is 14.8 Å². The quantitative estimate of drug-likeness (QED) is 0.595. The van der Waals surface area contributed by atoms with Crippen molar-refractivity contribution < 1.29 is 13.2 Å². The number of carbonyl (C=O) groups is 1. The molecule has 0 aliphatic carbocycles. The van der Waals surface area contributed by atoms with E-state index in [1.807, 2.05) is 31.4 Å². The van der Waals surface area contributed by atoms with Crippen LogP contribution in [0.1, 0.15) is 34.7 Å². The Labute approximate surface area is 186 Å². The molecule has 4 rings (SSSR count). The molecule has 1 fully saturated rings. The molecule has 3 aromatic rings. The van der Waals surface area contributed by atoms with Gasteiger partial charge in [0.15, 0.2) is 4.96 Å². The number of amides is 1. The number of piperidine rings is 1. The third-order valence-corrected chi connectivity index (χ3v) is 8.33. The average Bonchev–Trinajstić information content (AvgIpc) is 3.21. The van der Waals surface area contributed by atoms with Gasteiger partial charge in [0, 0.05) is 36.3 Å². The van der Waals surface area contributed by atoms with Crippen LogP contribution >= 0.6 is 11.3 Å². The number of nitrogens with zero attached hydrogens (tertiary/aromatic N) is 3. The van der Waals surface area contributed by atoms with E-state index in [1.165, 1.54) is 10.4 Å². The van der Waals surface area contributed by atoms with Crippen molar-refractivity contribution >= 4 is 38.3 Å². The zero-order valence-corrected chi connectivity index (χ0v) is 19.5. The van der Waals surface area contributed by atoms with Crippen LogP contribution in [0.15, 0.2) is 41.4 Å². The number of fused-ring (bicyclic) bond motifs is 1. The van der Waals surface area contributed by atoms with Gasteiger partial charge in [0.1, 0.15) is 0 Å². The van der Waals surface area contributed by atoms with Gasteiger partial charge >= 0.3 is 0 Å². The summed E-state index contributed by atoms with van der Waals surface area (Å²) in [4.78, 5) is 19.3. The molecule has 0 atom stereocenters. The largest absolute Gasteiger partial charge is 0.350 e. The van der Waals surface area contributed by atoms with E-state index in [4.69, 9.17) is 0 Å². The highest BCUT2D eigenvalue weighted by Crippen LogP contribution is 2.23. The fraction of sp³-hybridized carbons (Fsp3) is 0.364. The predicted octanol–water partition coefficient (Wildman–Crippen LogP) is 3.30. The summed E-state index contributed by atoms with van der Waals surface area (Å²) in [7, 11) is -3.50. The van der Waals surface area contributed by atoms with Crippen molar-refractivity contribution in [3.05, 3.63) is 58.4 Å². The fourth-order valence-electron chi connectivity index (χ4n) is 3.79. The highest BCUT2D eigenvalue weighted by Gasteiger charge is 2.29. The molecule has 0 spiro atoms. The normalized spacial score (nSPS) is 16.4. The van der Waals surface area contributed by atoms with Crippen LogP contribution in [0.2, 0.25) is 0 Å². The van der Waals surface area contributed by atoms with Crippen LogP contribution in [-0.4, -0.2) is 47.1 Å². The van der Waals surface area contributed by atoms with Gasteiger partial charge in [-0.2, -0.15) is 4.31 Å². The van der Waals surface area contributed by atoms with Crippen molar-refractivity contribution in [3.8, 4) is 0 Å². The second-order valence-corrected chi connectivity index (χ2v) is 11.1. The molecule has 9 heteroatoms. The van der Waals surface area contributed by atoms with Gasteiger partial charge in [0.2, 0.25) is 15.9 Å². The van der Waals surface area contributed by atoms with Crippen LogP contribution in [0.3, 0.4) is 0 Å². The van der Waals surface area contributed by atoms with E-state index < -0.39 is 10.0 Å². The summed E-state index contributed by atoms with van der Waals surface area (Å²) < 4.78 is 29.1. The summed E-state index contributed by atoms with van der Waals surface area (Å²) in [5.74, 6) is -0.179. The Kier molecular flexibility index (Phi) is 6.00. The summed E-state index contributed by atoms with van der Waals surface area (Å²) in [6, 6.07) is 6.86. The van der Waals surface area contributed by atoms with Gasteiger partial charge in [-0.3, -0.25) is 9.20 Å². The number of imidazole rings is 1. The molecule has 1 aliphatic heterocycles. The highest BCUT2D eigenvalue weighted by molar-refractivity contribution is 7.89. The number of benzene rings is 1. The van der Waals surface area contributed by atoms with Gasteiger partial charge in [0.05, 0.1) is 16.3 Å². The first kappa shape index (κ1) is 21.7. The zero-order chi connectivity index (χ0) is 22.2. The molecule has 0 bridgehead atoms. The van der Waals surface area contributed by atoms with Crippen molar-refractivity contribution in [1.29, 1.82) is 0 Å². The van der Waals surface area contributed by atoms with Gasteiger partial charge in [-0.15, -0.1) is 11.3 Å². The first-order chi connectivity index (χ1) is 14.7. The molecule has 0 saturated carbocycles. The Morgan fingerprint density at radius 1 is 1.16 bits per heavy atom. The maximum absolute atomic E-state index is 12.8. The van der Waals surface area contributed by atoms with E-state index in [0.717, 1.165) is 26.8 Å². The van der Waals surface area contributed by atoms with E-state index in [1.54, 1.807) is 41.7 Å². The Hall–Kier alpha value is -2.49. The molecule has 0 radical (unpaired) electrons. The summed E-state index contributed by atoms with van der Waals surface area (Å²) >= 11 is 1.61. The maximum Gasteiger partial charge on any atom is 0.244 e. The first-order valence-electron chi connectivity index (χ1n) is 10.2. The average molecular weight is 459 g/mol. The van der Waals surface area contributed by atoms with E-state index in [-0.39, 0.29) is 11.9 Å². The molecule has 7 nitrogen and oxygen atoms in total. The van der Waals surface area contributed by atoms with Crippen LogP contribution < -0.4 is 5.32 Å². The van der Waals surface area contributed by atoms with E-state index >= 15 is 0 Å². The van der Waals surface area contributed by atoms with Crippen LogP contribution in [0.5, 0.6) is 0 Å². The van der Waals surface area contributed by atoms with Gasteiger partial charge < -0.3 is 5.32 Å². The standard InChI is InChI=1S/C22H26N4O3S2/c1-15-4-6-19(7-5-15)31(28,29)25-12-10-18(11-13-25)24-21(27)9-8-20-17(3)23-22-26(20)14-16(2)30-22/h4-9,14,18H,10-13H2,1-3H3,(H,24,27)/b9-8+. The minimum atomic E-state index is -3.50. The number of thiazole rings is 1. The monoisotopic (exact) mass is 458 g/mol. The molecule has 3 heterocycles. The molecule has 164 valence electrons. The number of aromatic nitrogens is 2. The SMILES string of the molecule is Cc1ccc(S(=O)(=O)N2CCC(NC(=O)/C=C/c3c(C)nc4sc(C)cn34)CC2)cc1. The van der Waals surface area contributed by atoms with E-state index in [9.17, 15) is 13.2 Å². The molecule has 0 unspecified atom stereocenters. The summed E-state index contributed by atoms with van der Waals surface area (Å²) in [5, 5.41) is 3.00. The van der Waals surface area contributed by atoms with Crippen molar-refractivity contribution in [2.45, 2.75) is 44.6 Å². The number of carbonyl (C=O) groups excluding carboxylic acids is 1. The van der Waals surface area contributed by atoms with Crippen molar-refractivity contribution in [1.82, 2.24) is 19.0 Å². The lowest BCUT2D eigenvalue weighted by Crippen LogP contribution is -2.46. The molecule has 2 aromatic heterocycles. The third-order valence-electron chi connectivity index (χ3n) is 5.51. The molecule has 1 saturated heterocycles. The molecule has 1 amide bonds. The molecule has 1 aromatic carbocycles. The van der Waals surface area contributed by atoms with Crippen LogP contribution in [0.4, 0.5) is 0 Å². The second kappa shape index (κ2) is 8.57. The minimum Gasteiger partial charge on any atom is -0.350 e. The number of hydrogen-bond acceptors (Lipinski definition) is 5. The molecule has 31 heavy (non-hydrogen) atoms. The Morgan fingerprint density at radius 2 is 1.84 bits per heavy atom. The van der Waals surface area contributed by atoms with Crippen molar-refractivity contribution in [3.63, 3.8) is 0 Å². The number of sulfonamides is 1. The number of nitrogens with one attached hydrogen (secondary N) is 1. The van der Waals surface area contributed by atoms with E-state index in [2.05, 4.69) is 10.3 Å². The van der Waals surface area contributed by atoms with Crippen molar-refractivity contribution in [2.24, 2.45) is 0 Å². The molecule has 1 aliphatic rings. The van der Waals surface area contributed by atoms with Gasteiger partial charge in [-0.25, -0.2) is 13.4 Å². The first-order valence-corrected chi connectivity index (χ1v) is 12.5. The Morgan fingerprint density at radius 3 is 2.52 bits per heavy atom. The Bertz CT molecular complexity index is 1230. The van der Waals surface area contributed by atoms with Gasteiger partial charge in [-0.05, 0) is 51.8 Å². The topological polar surface area (TPSA) is 83.8 Å². The summed E-state index contributed by atoms with van der Waals surface area (Å²) in [5.41, 5.74) is 2.80. The number of hydrogen-bond donors (Lipinski definition) is 1.